The molecule has 0 aliphatic rings. The fourth-order valence-corrected chi connectivity index (χ4v) is 4.18. The maximum atomic E-state index is 11.3. The van der Waals surface area contributed by atoms with Crippen molar-refractivity contribution in [3.8, 4) is 10.7 Å². The summed E-state index contributed by atoms with van der Waals surface area (Å²) in [5.74, 6) is 1.24. The van der Waals surface area contributed by atoms with Crippen LogP contribution < -0.4 is 5.32 Å². The topological polar surface area (TPSA) is 88.3 Å². The summed E-state index contributed by atoms with van der Waals surface area (Å²) in [4.78, 5) is 21.1. The van der Waals surface area contributed by atoms with Crippen LogP contribution in [0.1, 0.15) is 26.6 Å². The minimum atomic E-state index is -0.925. The smallest absolute Gasteiger partial charge is 0.346 e. The van der Waals surface area contributed by atoms with E-state index in [1.165, 1.54) is 16.9 Å². The molecule has 4 aromatic rings. The van der Waals surface area contributed by atoms with Gasteiger partial charge < -0.3 is 14.8 Å². The minimum Gasteiger partial charge on any atom is -0.477 e. The maximum absolute atomic E-state index is 11.3. The van der Waals surface area contributed by atoms with Gasteiger partial charge in [0, 0.05) is 23.7 Å². The second-order valence-electron chi connectivity index (χ2n) is 6.50. The summed E-state index contributed by atoms with van der Waals surface area (Å²) in [5.41, 5.74) is 2.82. The molecule has 0 saturated carbocycles. The van der Waals surface area contributed by atoms with Gasteiger partial charge in [0.2, 0.25) is 0 Å². The molecule has 1 aromatic carbocycles. The summed E-state index contributed by atoms with van der Waals surface area (Å²) in [6.07, 6.45) is 2.49. The molecule has 2 N–H and O–H groups in total. The Hall–Kier alpha value is -3.19. The molecule has 0 aliphatic heterocycles. The Bertz CT molecular complexity index is 1160. The first kappa shape index (κ1) is 18.2. The number of carbonyl (C=O) groups is 1. The van der Waals surface area contributed by atoms with Crippen molar-refractivity contribution in [1.82, 2.24) is 9.97 Å². The van der Waals surface area contributed by atoms with Gasteiger partial charge in [0.25, 0.3) is 0 Å². The molecule has 4 rings (SSSR count). The number of carboxylic acid groups (broad SMARTS) is 1. The molecule has 142 valence electrons. The van der Waals surface area contributed by atoms with Crippen molar-refractivity contribution < 1.29 is 14.3 Å². The molecule has 0 fully saturated rings. The number of nitrogens with one attached hydrogen (secondary N) is 1. The Morgan fingerprint density at radius 1 is 1.25 bits per heavy atom. The van der Waals surface area contributed by atoms with Crippen LogP contribution in [0.4, 0.5) is 5.82 Å². The second kappa shape index (κ2) is 7.44. The normalized spacial score (nSPS) is 11.1. The van der Waals surface area contributed by atoms with Gasteiger partial charge in [-0.2, -0.15) is 0 Å². The van der Waals surface area contributed by atoms with Gasteiger partial charge in [-0.3, -0.25) is 0 Å². The molecule has 0 radical (unpaired) electrons. The van der Waals surface area contributed by atoms with Gasteiger partial charge in [-0.25, -0.2) is 14.8 Å². The molecule has 28 heavy (non-hydrogen) atoms. The van der Waals surface area contributed by atoms with E-state index in [1.807, 2.05) is 37.3 Å². The average Bonchev–Trinajstić information content (AvgIpc) is 3.22. The van der Waals surface area contributed by atoms with Crippen molar-refractivity contribution in [2.75, 3.05) is 11.9 Å². The van der Waals surface area contributed by atoms with E-state index >= 15 is 0 Å². The molecular weight excluding hydrogens is 374 g/mol. The van der Waals surface area contributed by atoms with Gasteiger partial charge in [-0.05, 0) is 44.0 Å². The predicted molar refractivity (Wildman–Crippen MR) is 110 cm³/mol. The molecule has 0 unspecified atom stereocenters. The summed E-state index contributed by atoms with van der Waals surface area (Å²) in [7, 11) is 0. The largest absolute Gasteiger partial charge is 0.477 e. The molecule has 0 spiro atoms. The third kappa shape index (κ3) is 3.48. The second-order valence-corrected chi connectivity index (χ2v) is 7.56. The fraction of sp³-hybridized carbons (Fsp3) is 0.190. The summed E-state index contributed by atoms with van der Waals surface area (Å²) in [5, 5.41) is 13.7. The van der Waals surface area contributed by atoms with Crippen LogP contribution in [0.3, 0.4) is 0 Å². The van der Waals surface area contributed by atoms with E-state index in [2.05, 4.69) is 21.4 Å². The van der Waals surface area contributed by atoms with Crippen LogP contribution in [-0.2, 0) is 6.42 Å². The molecule has 0 bridgehead atoms. The van der Waals surface area contributed by atoms with Gasteiger partial charge in [-0.15, -0.1) is 11.3 Å². The lowest BCUT2D eigenvalue weighted by Crippen LogP contribution is -2.07. The fourth-order valence-electron chi connectivity index (χ4n) is 3.23. The van der Waals surface area contributed by atoms with Gasteiger partial charge >= 0.3 is 5.97 Å². The van der Waals surface area contributed by atoms with Crippen molar-refractivity contribution in [3.05, 3.63) is 64.4 Å². The van der Waals surface area contributed by atoms with E-state index in [1.54, 1.807) is 13.1 Å². The standard InChI is InChI=1S/C21H19N3O3S/c1-12-11-17(28-19(12)21(25)26)20-23-10-8-18(24-20)22-9-7-14-13(2)27-16-6-4-3-5-15(14)16/h3-6,8,10-11H,7,9H2,1-2H3,(H,25,26)(H,22,23,24). The number of benzene rings is 1. The van der Waals surface area contributed by atoms with E-state index < -0.39 is 5.97 Å². The van der Waals surface area contributed by atoms with Gasteiger partial charge in [0.05, 0.1) is 4.88 Å². The molecule has 3 heterocycles. The number of rotatable bonds is 6. The Labute approximate surface area is 165 Å². The van der Waals surface area contributed by atoms with Crippen molar-refractivity contribution in [2.24, 2.45) is 0 Å². The highest BCUT2D eigenvalue weighted by Gasteiger charge is 2.15. The lowest BCUT2D eigenvalue weighted by Gasteiger charge is -2.06. The lowest BCUT2D eigenvalue weighted by atomic mass is 10.1. The number of nitrogens with zero attached hydrogens (tertiary/aromatic N) is 2. The average molecular weight is 393 g/mol. The summed E-state index contributed by atoms with van der Waals surface area (Å²) in [6.45, 7) is 4.46. The Balaban J connectivity index is 1.49. The Morgan fingerprint density at radius 3 is 2.86 bits per heavy atom. The van der Waals surface area contributed by atoms with E-state index in [9.17, 15) is 9.90 Å². The van der Waals surface area contributed by atoms with Crippen LogP contribution in [0.15, 0.2) is 47.0 Å². The van der Waals surface area contributed by atoms with Crippen LogP contribution in [0.25, 0.3) is 21.7 Å². The number of para-hydroxylation sites is 1. The quantitative estimate of drug-likeness (QED) is 0.483. The molecule has 0 aliphatic carbocycles. The third-order valence-electron chi connectivity index (χ3n) is 4.57. The SMILES string of the molecule is Cc1cc(-c2nccc(NCCc3c(C)oc4ccccc34)n2)sc1C(=O)O. The van der Waals surface area contributed by atoms with Gasteiger partial charge in [0.1, 0.15) is 22.0 Å². The van der Waals surface area contributed by atoms with Gasteiger partial charge in [0.15, 0.2) is 5.82 Å². The Morgan fingerprint density at radius 2 is 2.07 bits per heavy atom. The molecule has 0 saturated heterocycles. The highest BCUT2D eigenvalue weighted by Crippen LogP contribution is 2.29. The van der Waals surface area contributed by atoms with E-state index in [-0.39, 0.29) is 0 Å². The number of aromatic carboxylic acids is 1. The molecule has 0 amide bonds. The summed E-state index contributed by atoms with van der Waals surface area (Å²) >= 11 is 1.19. The molecule has 0 atom stereocenters. The molecule has 7 heteroatoms. The predicted octanol–water partition coefficient (Wildman–Crippen LogP) is 4.92. The zero-order chi connectivity index (χ0) is 19.7. The van der Waals surface area contributed by atoms with Crippen molar-refractivity contribution in [2.45, 2.75) is 20.3 Å². The first-order chi connectivity index (χ1) is 13.5. The number of furan rings is 1. The van der Waals surface area contributed by atoms with Crippen LogP contribution in [0.2, 0.25) is 0 Å². The number of aromatic nitrogens is 2. The van der Waals surface area contributed by atoms with E-state index in [0.29, 0.717) is 23.1 Å². The van der Waals surface area contributed by atoms with Crippen LogP contribution in [0.5, 0.6) is 0 Å². The Kier molecular flexibility index (Phi) is 4.83. The monoisotopic (exact) mass is 393 g/mol. The minimum absolute atomic E-state index is 0.319. The van der Waals surface area contributed by atoms with E-state index in [4.69, 9.17) is 4.42 Å². The van der Waals surface area contributed by atoms with E-state index in [0.717, 1.165) is 33.6 Å². The first-order valence-corrected chi connectivity index (χ1v) is 9.72. The van der Waals surface area contributed by atoms with Crippen molar-refractivity contribution in [3.63, 3.8) is 0 Å². The zero-order valence-corrected chi connectivity index (χ0v) is 16.3. The summed E-state index contributed by atoms with van der Waals surface area (Å²) < 4.78 is 5.81. The highest BCUT2D eigenvalue weighted by molar-refractivity contribution is 7.17. The highest BCUT2D eigenvalue weighted by atomic mass is 32.1. The van der Waals surface area contributed by atoms with Crippen LogP contribution in [0, 0.1) is 13.8 Å². The number of fused-ring (bicyclic) bond motifs is 1. The van der Waals surface area contributed by atoms with Crippen molar-refractivity contribution >= 4 is 34.1 Å². The molecular formula is C21H19N3O3S. The molecule has 3 aromatic heterocycles. The number of anilines is 1. The zero-order valence-electron chi connectivity index (χ0n) is 15.5. The number of hydrogen-bond donors (Lipinski definition) is 2. The summed E-state index contributed by atoms with van der Waals surface area (Å²) in [6, 6.07) is 11.7. The number of carboxylic acids is 1. The van der Waals surface area contributed by atoms with Crippen molar-refractivity contribution in [1.29, 1.82) is 0 Å². The third-order valence-corrected chi connectivity index (χ3v) is 5.79. The number of aryl methyl sites for hydroxylation is 2. The van der Waals surface area contributed by atoms with Gasteiger partial charge in [-0.1, -0.05) is 18.2 Å². The molecule has 6 nitrogen and oxygen atoms in total. The maximum Gasteiger partial charge on any atom is 0.346 e. The number of thiophene rings is 1. The van der Waals surface area contributed by atoms with Crippen LogP contribution >= 0.6 is 11.3 Å². The lowest BCUT2D eigenvalue weighted by molar-refractivity contribution is 0.0701. The number of hydrogen-bond acceptors (Lipinski definition) is 6. The first-order valence-electron chi connectivity index (χ1n) is 8.91. The van der Waals surface area contributed by atoms with Crippen LogP contribution in [-0.4, -0.2) is 27.6 Å².